The van der Waals surface area contributed by atoms with Crippen LogP contribution in [-0.2, 0) is 19.2 Å². The maximum absolute atomic E-state index is 12.8. The fraction of sp³-hybridized carbons (Fsp3) is 0.476. The van der Waals surface area contributed by atoms with Crippen molar-refractivity contribution in [2.45, 2.75) is 58.2 Å². The van der Waals surface area contributed by atoms with Crippen molar-refractivity contribution in [2.75, 3.05) is 0 Å². The van der Waals surface area contributed by atoms with Gasteiger partial charge in [-0.15, -0.1) is 0 Å². The molecule has 0 saturated carbocycles. The molecule has 1 rings (SSSR count). The first-order valence-corrected chi connectivity index (χ1v) is 9.83. The fourth-order valence-corrected chi connectivity index (χ4v) is 2.67. The third-order valence-electron chi connectivity index (χ3n) is 4.69. The molecule has 9 heteroatoms. The molecule has 0 aromatic heterocycles. The van der Waals surface area contributed by atoms with E-state index in [0.29, 0.717) is 18.3 Å². The SMILES string of the molecule is CC[C@H](C)[C@H](NC(=O)c1ccccc1)C(=O)N[C@@H](CCC(=O)N[C@@H](C)C=O)C(=O)O. The van der Waals surface area contributed by atoms with Gasteiger partial charge in [-0.2, -0.15) is 0 Å². The van der Waals surface area contributed by atoms with E-state index in [1.807, 2.05) is 6.92 Å². The predicted molar refractivity (Wildman–Crippen MR) is 110 cm³/mol. The minimum atomic E-state index is -1.31. The van der Waals surface area contributed by atoms with Crippen molar-refractivity contribution in [1.29, 1.82) is 0 Å². The van der Waals surface area contributed by atoms with Crippen molar-refractivity contribution in [3.05, 3.63) is 35.9 Å². The summed E-state index contributed by atoms with van der Waals surface area (Å²) in [7, 11) is 0. The lowest BCUT2D eigenvalue weighted by molar-refractivity contribution is -0.142. The molecule has 0 aliphatic carbocycles. The molecule has 9 nitrogen and oxygen atoms in total. The molecule has 0 fully saturated rings. The third-order valence-corrected chi connectivity index (χ3v) is 4.69. The first-order chi connectivity index (χ1) is 14.2. The topological polar surface area (TPSA) is 142 Å². The zero-order valence-electron chi connectivity index (χ0n) is 17.4. The molecule has 0 heterocycles. The van der Waals surface area contributed by atoms with Crippen molar-refractivity contribution in [3.63, 3.8) is 0 Å². The van der Waals surface area contributed by atoms with E-state index in [-0.39, 0.29) is 18.8 Å². The molecule has 0 aliphatic heterocycles. The number of aldehydes is 1. The Morgan fingerprint density at radius 3 is 2.20 bits per heavy atom. The van der Waals surface area contributed by atoms with Crippen LogP contribution in [0, 0.1) is 5.92 Å². The lowest BCUT2D eigenvalue weighted by atomic mass is 9.97. The number of carboxylic acids is 1. The molecule has 4 atom stereocenters. The molecule has 164 valence electrons. The zero-order valence-corrected chi connectivity index (χ0v) is 17.4. The number of amides is 3. The van der Waals surface area contributed by atoms with Crippen LogP contribution in [0.4, 0.5) is 0 Å². The van der Waals surface area contributed by atoms with Gasteiger partial charge < -0.3 is 25.9 Å². The van der Waals surface area contributed by atoms with Gasteiger partial charge >= 0.3 is 5.97 Å². The smallest absolute Gasteiger partial charge is 0.326 e. The van der Waals surface area contributed by atoms with E-state index in [2.05, 4.69) is 16.0 Å². The molecular weight excluding hydrogens is 390 g/mol. The van der Waals surface area contributed by atoms with E-state index in [1.54, 1.807) is 37.3 Å². The van der Waals surface area contributed by atoms with Crippen LogP contribution in [0.25, 0.3) is 0 Å². The molecular formula is C21H29N3O6. The van der Waals surface area contributed by atoms with Crippen LogP contribution in [-0.4, -0.2) is 53.2 Å². The second kappa shape index (κ2) is 12.4. The Balaban J connectivity index is 2.81. The number of carboxylic acid groups (broad SMARTS) is 1. The van der Waals surface area contributed by atoms with Crippen molar-refractivity contribution in [1.82, 2.24) is 16.0 Å². The summed E-state index contributed by atoms with van der Waals surface area (Å²) in [6.07, 6.45) is 0.801. The summed E-state index contributed by atoms with van der Waals surface area (Å²) in [6, 6.07) is 5.45. The first kappa shape index (κ1) is 24.8. The molecule has 0 saturated heterocycles. The third kappa shape index (κ3) is 8.02. The van der Waals surface area contributed by atoms with E-state index in [9.17, 15) is 29.1 Å². The van der Waals surface area contributed by atoms with Gasteiger partial charge in [0.2, 0.25) is 11.8 Å². The Labute approximate surface area is 175 Å². The van der Waals surface area contributed by atoms with E-state index in [0.717, 1.165) is 0 Å². The highest BCUT2D eigenvalue weighted by Gasteiger charge is 2.30. The lowest BCUT2D eigenvalue weighted by Gasteiger charge is -2.25. The van der Waals surface area contributed by atoms with Gasteiger partial charge in [-0.3, -0.25) is 14.4 Å². The summed E-state index contributed by atoms with van der Waals surface area (Å²) in [6.45, 7) is 5.12. The zero-order chi connectivity index (χ0) is 22.7. The molecule has 4 N–H and O–H groups in total. The van der Waals surface area contributed by atoms with Gasteiger partial charge in [0.05, 0.1) is 6.04 Å². The number of nitrogens with one attached hydrogen (secondary N) is 3. The molecule has 0 radical (unpaired) electrons. The maximum Gasteiger partial charge on any atom is 0.326 e. The summed E-state index contributed by atoms with van der Waals surface area (Å²) in [4.78, 5) is 59.1. The largest absolute Gasteiger partial charge is 0.480 e. The van der Waals surface area contributed by atoms with Crippen LogP contribution in [0.15, 0.2) is 30.3 Å². The number of carbonyl (C=O) groups is 5. The van der Waals surface area contributed by atoms with Crippen LogP contribution < -0.4 is 16.0 Å². The lowest BCUT2D eigenvalue weighted by Crippen LogP contribution is -2.54. The molecule has 3 amide bonds. The summed E-state index contributed by atoms with van der Waals surface area (Å²) < 4.78 is 0. The summed E-state index contributed by atoms with van der Waals surface area (Å²) in [5.41, 5.74) is 0.384. The standard InChI is InChI=1S/C21H29N3O6/c1-4-13(2)18(24-19(27)15-8-6-5-7-9-15)20(28)23-16(21(29)30)10-11-17(26)22-14(3)12-25/h5-9,12-14,16,18H,4,10-11H2,1-3H3,(H,22,26)(H,23,28)(H,24,27)(H,29,30)/t13-,14-,16-,18-/m0/s1. The summed E-state index contributed by atoms with van der Waals surface area (Å²) in [5.74, 6) is -3.11. The minimum absolute atomic E-state index is 0.154. The maximum atomic E-state index is 12.8. The Morgan fingerprint density at radius 1 is 1.03 bits per heavy atom. The van der Waals surface area contributed by atoms with Gasteiger partial charge in [0, 0.05) is 12.0 Å². The van der Waals surface area contributed by atoms with Crippen LogP contribution in [0.3, 0.4) is 0 Å². The van der Waals surface area contributed by atoms with E-state index < -0.39 is 41.8 Å². The first-order valence-electron chi connectivity index (χ1n) is 9.83. The molecule has 0 unspecified atom stereocenters. The van der Waals surface area contributed by atoms with E-state index >= 15 is 0 Å². The number of carbonyl (C=O) groups excluding carboxylic acids is 4. The molecule has 0 aliphatic rings. The van der Waals surface area contributed by atoms with Gasteiger partial charge in [0.25, 0.3) is 5.91 Å². The van der Waals surface area contributed by atoms with Gasteiger partial charge in [0.1, 0.15) is 18.4 Å². The van der Waals surface area contributed by atoms with E-state index in [4.69, 9.17) is 0 Å². The molecule has 30 heavy (non-hydrogen) atoms. The average Bonchev–Trinajstić information content (AvgIpc) is 2.74. The summed E-state index contributed by atoms with van der Waals surface area (Å²) >= 11 is 0. The van der Waals surface area contributed by atoms with Crippen LogP contribution in [0.5, 0.6) is 0 Å². The number of rotatable bonds is 12. The van der Waals surface area contributed by atoms with Crippen molar-refractivity contribution in [2.24, 2.45) is 5.92 Å². The number of hydrogen-bond donors (Lipinski definition) is 4. The molecule has 0 spiro atoms. The summed E-state index contributed by atoms with van der Waals surface area (Å²) in [5, 5.41) is 16.9. The van der Waals surface area contributed by atoms with E-state index in [1.165, 1.54) is 6.92 Å². The number of aliphatic carboxylic acids is 1. The molecule has 0 bridgehead atoms. The Morgan fingerprint density at radius 2 is 1.67 bits per heavy atom. The monoisotopic (exact) mass is 419 g/mol. The quantitative estimate of drug-likeness (QED) is 0.371. The van der Waals surface area contributed by atoms with Gasteiger partial charge in [0.15, 0.2) is 0 Å². The van der Waals surface area contributed by atoms with Crippen LogP contribution in [0.2, 0.25) is 0 Å². The minimum Gasteiger partial charge on any atom is -0.480 e. The molecule has 1 aromatic carbocycles. The van der Waals surface area contributed by atoms with Crippen molar-refractivity contribution >= 4 is 30.0 Å². The number of hydrogen-bond acceptors (Lipinski definition) is 5. The number of benzene rings is 1. The highest BCUT2D eigenvalue weighted by Crippen LogP contribution is 2.11. The normalized spacial score (nSPS) is 14.5. The second-order valence-electron chi connectivity index (χ2n) is 7.13. The van der Waals surface area contributed by atoms with Crippen molar-refractivity contribution < 1.29 is 29.1 Å². The second-order valence-corrected chi connectivity index (χ2v) is 7.13. The molecule has 1 aromatic rings. The highest BCUT2D eigenvalue weighted by atomic mass is 16.4. The Hall–Kier alpha value is -3.23. The van der Waals surface area contributed by atoms with Gasteiger partial charge in [-0.05, 0) is 31.4 Å². The van der Waals surface area contributed by atoms with Gasteiger partial charge in [-0.1, -0.05) is 38.5 Å². The Kier molecular flexibility index (Phi) is 10.2. The average molecular weight is 419 g/mol. The predicted octanol–water partition coefficient (Wildman–Crippen LogP) is 0.884. The Bertz CT molecular complexity index is 752. The van der Waals surface area contributed by atoms with Crippen LogP contribution in [0.1, 0.15) is 50.4 Å². The highest BCUT2D eigenvalue weighted by molar-refractivity contribution is 5.98. The fourth-order valence-electron chi connectivity index (χ4n) is 2.67. The van der Waals surface area contributed by atoms with Crippen LogP contribution >= 0.6 is 0 Å². The van der Waals surface area contributed by atoms with Crippen molar-refractivity contribution in [3.8, 4) is 0 Å². The van der Waals surface area contributed by atoms with Gasteiger partial charge in [-0.25, -0.2) is 4.79 Å².